The number of oxazole rings is 1. The first-order chi connectivity index (χ1) is 9.42. The first-order valence-corrected chi connectivity index (χ1v) is 6.01. The molecule has 3 rings (SSSR count). The third-order valence-corrected chi connectivity index (χ3v) is 2.68. The number of pyridine rings is 1. The van der Waals surface area contributed by atoms with Crippen molar-refractivity contribution in [2.45, 2.75) is 0 Å². The fraction of sp³-hybridized carbons (Fsp3) is 0. The zero-order valence-electron chi connectivity index (χ0n) is 10.2. The average Bonchev–Trinajstić information content (AvgIpc) is 2.96. The molecule has 0 N–H and O–H groups in total. The molecule has 0 unspecified atom stereocenters. The van der Waals surface area contributed by atoms with Gasteiger partial charge in [0.1, 0.15) is 0 Å². The Hall–Kier alpha value is -2.68. The van der Waals surface area contributed by atoms with Crippen molar-refractivity contribution in [1.82, 2.24) is 9.97 Å². The summed E-state index contributed by atoms with van der Waals surface area (Å²) >= 11 is 0. The molecule has 0 spiro atoms. The van der Waals surface area contributed by atoms with Gasteiger partial charge in [-0.1, -0.05) is 36.4 Å². The molecule has 2 aromatic heterocycles. The van der Waals surface area contributed by atoms with E-state index in [9.17, 15) is 0 Å². The largest absolute Gasteiger partial charge is 0.437 e. The molecule has 3 nitrogen and oxygen atoms in total. The van der Waals surface area contributed by atoms with E-state index in [1.165, 1.54) is 0 Å². The summed E-state index contributed by atoms with van der Waals surface area (Å²) in [5.41, 5.74) is 2.04. The third-order valence-electron chi connectivity index (χ3n) is 2.68. The molecular formula is C16H12N2O. The zero-order chi connectivity index (χ0) is 12.9. The number of benzene rings is 1. The van der Waals surface area contributed by atoms with Gasteiger partial charge in [-0.3, -0.25) is 4.98 Å². The van der Waals surface area contributed by atoms with Gasteiger partial charge in [0, 0.05) is 24.0 Å². The molecule has 3 aromatic rings. The first kappa shape index (κ1) is 11.4. The molecule has 19 heavy (non-hydrogen) atoms. The van der Waals surface area contributed by atoms with Crippen molar-refractivity contribution in [2.75, 3.05) is 0 Å². The van der Waals surface area contributed by atoms with Crippen LogP contribution >= 0.6 is 0 Å². The minimum Gasteiger partial charge on any atom is -0.437 e. The van der Waals surface area contributed by atoms with Crippen molar-refractivity contribution in [3.8, 4) is 11.3 Å². The fourth-order valence-corrected chi connectivity index (χ4v) is 1.74. The molecule has 2 heterocycles. The van der Waals surface area contributed by atoms with Gasteiger partial charge in [-0.15, -0.1) is 0 Å². The van der Waals surface area contributed by atoms with Crippen molar-refractivity contribution < 1.29 is 4.42 Å². The first-order valence-electron chi connectivity index (χ1n) is 6.01. The minimum absolute atomic E-state index is 0.586. The highest BCUT2D eigenvalue weighted by atomic mass is 16.4. The van der Waals surface area contributed by atoms with Crippen molar-refractivity contribution in [1.29, 1.82) is 0 Å². The summed E-state index contributed by atoms with van der Waals surface area (Å²) in [6, 6.07) is 13.8. The van der Waals surface area contributed by atoms with Gasteiger partial charge in [0.15, 0.2) is 5.76 Å². The van der Waals surface area contributed by atoms with E-state index in [-0.39, 0.29) is 0 Å². The van der Waals surface area contributed by atoms with E-state index in [2.05, 4.69) is 9.97 Å². The van der Waals surface area contributed by atoms with Crippen LogP contribution in [0.1, 0.15) is 11.5 Å². The summed E-state index contributed by atoms with van der Waals surface area (Å²) < 4.78 is 5.67. The predicted octanol–water partition coefficient (Wildman–Crippen LogP) is 3.91. The highest BCUT2D eigenvalue weighted by Gasteiger charge is 2.02. The van der Waals surface area contributed by atoms with Crippen molar-refractivity contribution in [3.05, 3.63) is 72.5 Å². The normalized spacial score (nSPS) is 10.9. The van der Waals surface area contributed by atoms with Gasteiger partial charge in [-0.2, -0.15) is 0 Å². The molecule has 3 heteroatoms. The van der Waals surface area contributed by atoms with Crippen LogP contribution in [0.3, 0.4) is 0 Å². The minimum atomic E-state index is 0.586. The van der Waals surface area contributed by atoms with Crippen LogP contribution in [0.5, 0.6) is 0 Å². The Morgan fingerprint density at radius 3 is 2.58 bits per heavy atom. The van der Waals surface area contributed by atoms with E-state index >= 15 is 0 Å². The van der Waals surface area contributed by atoms with Gasteiger partial charge in [0.25, 0.3) is 0 Å². The second kappa shape index (κ2) is 5.31. The number of aromatic nitrogens is 2. The highest BCUT2D eigenvalue weighted by molar-refractivity contribution is 5.66. The van der Waals surface area contributed by atoms with Gasteiger partial charge in [-0.25, -0.2) is 4.98 Å². The number of rotatable bonds is 3. The molecule has 0 radical (unpaired) electrons. The molecule has 0 aliphatic rings. The molecule has 0 saturated carbocycles. The molecule has 92 valence electrons. The van der Waals surface area contributed by atoms with Crippen LogP contribution in [0.4, 0.5) is 0 Å². The Labute approximate surface area is 111 Å². The number of hydrogen-bond acceptors (Lipinski definition) is 3. The lowest BCUT2D eigenvalue weighted by molar-refractivity contribution is 0.560. The SMILES string of the molecule is C(=Cc1ncc(-c2ccccc2)o1)c1cccnc1. The lowest BCUT2D eigenvalue weighted by Crippen LogP contribution is -1.73. The van der Waals surface area contributed by atoms with Gasteiger partial charge in [0.2, 0.25) is 5.89 Å². The zero-order valence-corrected chi connectivity index (χ0v) is 10.2. The standard InChI is InChI=1S/C16H12N2O/c1-2-6-14(7-3-1)15-12-18-16(19-15)9-8-13-5-4-10-17-11-13/h1-12H. The summed E-state index contributed by atoms with van der Waals surface area (Å²) in [6.45, 7) is 0. The van der Waals surface area contributed by atoms with E-state index in [0.29, 0.717) is 5.89 Å². The van der Waals surface area contributed by atoms with Crippen LogP contribution in [-0.2, 0) is 0 Å². The van der Waals surface area contributed by atoms with Crippen LogP contribution in [0.2, 0.25) is 0 Å². The summed E-state index contributed by atoms with van der Waals surface area (Å²) in [5.74, 6) is 1.36. The Bertz CT molecular complexity index is 672. The smallest absolute Gasteiger partial charge is 0.219 e. The lowest BCUT2D eigenvalue weighted by Gasteiger charge is -1.93. The van der Waals surface area contributed by atoms with Gasteiger partial charge >= 0.3 is 0 Å². The fourth-order valence-electron chi connectivity index (χ4n) is 1.74. The van der Waals surface area contributed by atoms with E-state index in [4.69, 9.17) is 4.42 Å². The highest BCUT2D eigenvalue weighted by Crippen LogP contribution is 2.20. The maximum atomic E-state index is 5.67. The Balaban J connectivity index is 1.81. The van der Waals surface area contributed by atoms with E-state index < -0.39 is 0 Å². The predicted molar refractivity (Wildman–Crippen MR) is 75.1 cm³/mol. The Morgan fingerprint density at radius 1 is 0.895 bits per heavy atom. The van der Waals surface area contributed by atoms with E-state index in [0.717, 1.165) is 16.9 Å². The molecule has 0 fully saturated rings. The Morgan fingerprint density at radius 2 is 1.79 bits per heavy atom. The third kappa shape index (κ3) is 2.77. The van der Waals surface area contributed by atoms with Crippen molar-refractivity contribution >= 4 is 12.2 Å². The van der Waals surface area contributed by atoms with Crippen LogP contribution in [0.25, 0.3) is 23.5 Å². The summed E-state index contributed by atoms with van der Waals surface area (Å²) in [7, 11) is 0. The van der Waals surface area contributed by atoms with Crippen LogP contribution in [-0.4, -0.2) is 9.97 Å². The van der Waals surface area contributed by atoms with Gasteiger partial charge in [0.05, 0.1) is 6.20 Å². The quantitative estimate of drug-likeness (QED) is 0.705. The summed E-state index contributed by atoms with van der Waals surface area (Å²) in [5, 5.41) is 0. The second-order valence-corrected chi connectivity index (χ2v) is 4.05. The maximum Gasteiger partial charge on any atom is 0.219 e. The molecule has 0 amide bonds. The molecule has 0 bridgehead atoms. The average molecular weight is 248 g/mol. The second-order valence-electron chi connectivity index (χ2n) is 4.05. The molecule has 0 atom stereocenters. The van der Waals surface area contributed by atoms with Gasteiger partial charge in [-0.05, 0) is 17.7 Å². The maximum absolute atomic E-state index is 5.67. The van der Waals surface area contributed by atoms with Crippen molar-refractivity contribution in [2.24, 2.45) is 0 Å². The molecule has 1 aromatic carbocycles. The number of hydrogen-bond donors (Lipinski definition) is 0. The monoisotopic (exact) mass is 248 g/mol. The molecule has 0 aliphatic heterocycles. The van der Waals surface area contributed by atoms with E-state index in [1.54, 1.807) is 18.6 Å². The molecule has 0 saturated heterocycles. The van der Waals surface area contributed by atoms with Crippen LogP contribution in [0, 0.1) is 0 Å². The topological polar surface area (TPSA) is 38.9 Å². The number of nitrogens with zero attached hydrogens (tertiary/aromatic N) is 2. The van der Waals surface area contributed by atoms with Crippen LogP contribution < -0.4 is 0 Å². The Kier molecular flexibility index (Phi) is 3.19. The van der Waals surface area contributed by atoms with Crippen molar-refractivity contribution in [3.63, 3.8) is 0 Å². The molecule has 0 aliphatic carbocycles. The van der Waals surface area contributed by atoms with Crippen LogP contribution in [0.15, 0.2) is 65.5 Å². The lowest BCUT2D eigenvalue weighted by atomic mass is 10.2. The summed E-state index contributed by atoms with van der Waals surface area (Å²) in [4.78, 5) is 8.28. The molecular weight excluding hydrogens is 236 g/mol. The summed E-state index contributed by atoms with van der Waals surface area (Å²) in [6.07, 6.45) is 9.03. The van der Waals surface area contributed by atoms with E-state index in [1.807, 2.05) is 54.6 Å². The van der Waals surface area contributed by atoms with Gasteiger partial charge < -0.3 is 4.42 Å².